The van der Waals surface area contributed by atoms with E-state index in [0.29, 0.717) is 10.4 Å². The minimum Gasteiger partial charge on any atom is -0.297 e. The van der Waals surface area contributed by atoms with Crippen LogP contribution in [0.1, 0.15) is 15.2 Å². The van der Waals surface area contributed by atoms with Gasteiger partial charge < -0.3 is 0 Å². The predicted octanol–water partition coefficient (Wildman–Crippen LogP) is 2.15. The van der Waals surface area contributed by atoms with Crippen LogP contribution in [0, 0.1) is 11.3 Å². The van der Waals surface area contributed by atoms with E-state index < -0.39 is 0 Å². The van der Waals surface area contributed by atoms with Gasteiger partial charge in [0.2, 0.25) is 0 Å². The molecule has 0 fully saturated rings. The van der Waals surface area contributed by atoms with E-state index in [0.717, 1.165) is 10.5 Å². The van der Waals surface area contributed by atoms with Crippen molar-refractivity contribution in [2.45, 2.75) is 4.21 Å². The molecule has 0 saturated heterocycles. The molecule has 4 heteroatoms. The van der Waals surface area contributed by atoms with Crippen molar-refractivity contribution in [2.24, 2.45) is 0 Å². The largest absolute Gasteiger partial charge is 0.297 e. The summed E-state index contributed by atoms with van der Waals surface area (Å²) in [6.07, 6.45) is 2.66. The molecular weight excluding hydrogens is 178 g/mol. The first kappa shape index (κ1) is 8.31. The third-order valence-corrected chi connectivity index (χ3v) is 3.33. The van der Waals surface area contributed by atoms with E-state index in [2.05, 4.69) is 0 Å². The normalized spacial score (nSPS) is 9.09. The van der Waals surface area contributed by atoms with E-state index in [4.69, 9.17) is 5.26 Å². The molecule has 0 saturated carbocycles. The van der Waals surface area contributed by atoms with Crippen LogP contribution < -0.4 is 0 Å². The number of nitriles is 1. The number of thioether (sulfide) groups is 1. The molecule has 0 unspecified atom stereocenters. The van der Waals surface area contributed by atoms with Gasteiger partial charge in [-0.3, -0.25) is 4.79 Å². The zero-order chi connectivity index (χ0) is 8.27. The Morgan fingerprint density at radius 2 is 2.55 bits per heavy atom. The van der Waals surface area contributed by atoms with Crippen molar-refractivity contribution in [3.63, 3.8) is 0 Å². The molecule has 0 aromatic carbocycles. The lowest BCUT2D eigenvalue weighted by Gasteiger charge is -1.85. The van der Waals surface area contributed by atoms with Crippen molar-refractivity contribution >= 4 is 29.4 Å². The van der Waals surface area contributed by atoms with Crippen LogP contribution in [-0.2, 0) is 0 Å². The average Bonchev–Trinajstić information content (AvgIpc) is 2.46. The smallest absolute Gasteiger partial charge is 0.160 e. The first-order valence-electron chi connectivity index (χ1n) is 2.85. The van der Waals surface area contributed by atoms with Crippen LogP contribution in [0.3, 0.4) is 0 Å². The molecule has 11 heavy (non-hydrogen) atoms. The molecule has 1 rings (SSSR count). The molecule has 0 N–H and O–H groups in total. The molecule has 0 atom stereocenters. The van der Waals surface area contributed by atoms with Crippen molar-refractivity contribution in [2.75, 3.05) is 6.26 Å². The molecule has 0 aliphatic carbocycles. The molecule has 0 bridgehead atoms. The lowest BCUT2D eigenvalue weighted by molar-refractivity contribution is 0.112. The summed E-state index contributed by atoms with van der Waals surface area (Å²) >= 11 is 2.85. The summed E-state index contributed by atoms with van der Waals surface area (Å²) < 4.78 is 0.912. The van der Waals surface area contributed by atoms with E-state index in [1.165, 1.54) is 23.1 Å². The highest BCUT2D eigenvalue weighted by Crippen LogP contribution is 2.28. The first-order chi connectivity index (χ1) is 5.31. The van der Waals surface area contributed by atoms with Crippen molar-refractivity contribution < 1.29 is 4.79 Å². The van der Waals surface area contributed by atoms with Crippen LogP contribution in [0.5, 0.6) is 0 Å². The quantitative estimate of drug-likeness (QED) is 0.521. The second-order valence-corrected chi connectivity index (χ2v) is 3.94. The van der Waals surface area contributed by atoms with Crippen LogP contribution in [0.15, 0.2) is 10.3 Å². The topological polar surface area (TPSA) is 40.9 Å². The minimum absolute atomic E-state index is 0.601. The van der Waals surface area contributed by atoms with Gasteiger partial charge in [-0.15, -0.1) is 23.1 Å². The lowest BCUT2D eigenvalue weighted by Crippen LogP contribution is -1.67. The van der Waals surface area contributed by atoms with E-state index >= 15 is 0 Å². The fraction of sp³-hybridized carbons (Fsp3) is 0.143. The highest BCUT2D eigenvalue weighted by Gasteiger charge is 2.05. The van der Waals surface area contributed by atoms with Gasteiger partial charge in [-0.1, -0.05) is 0 Å². The molecule has 2 nitrogen and oxygen atoms in total. The maximum Gasteiger partial charge on any atom is 0.160 e. The van der Waals surface area contributed by atoms with Gasteiger partial charge in [0.25, 0.3) is 0 Å². The van der Waals surface area contributed by atoms with Gasteiger partial charge in [0.1, 0.15) is 6.07 Å². The Morgan fingerprint density at radius 1 is 1.82 bits per heavy atom. The van der Waals surface area contributed by atoms with E-state index in [1.54, 1.807) is 6.07 Å². The predicted molar refractivity (Wildman–Crippen MR) is 46.2 cm³/mol. The number of nitrogens with zero attached hydrogens (tertiary/aromatic N) is 1. The monoisotopic (exact) mass is 183 g/mol. The summed E-state index contributed by atoms with van der Waals surface area (Å²) in [5, 5.41) is 8.59. The lowest BCUT2D eigenvalue weighted by atomic mass is 10.3. The molecule has 0 aliphatic rings. The number of aldehydes is 1. The summed E-state index contributed by atoms with van der Waals surface area (Å²) in [6.45, 7) is 0. The Labute approximate surface area is 72.8 Å². The highest BCUT2D eigenvalue weighted by atomic mass is 32.2. The Morgan fingerprint density at radius 3 is 2.91 bits per heavy atom. The zero-order valence-corrected chi connectivity index (χ0v) is 7.46. The molecule has 0 amide bonds. The Hall–Kier alpha value is -0.790. The Kier molecular flexibility index (Phi) is 2.69. The number of hydrogen-bond donors (Lipinski definition) is 0. The minimum atomic E-state index is 0.601. The number of carbonyl (C=O) groups excluding carboxylic acids is 1. The van der Waals surface area contributed by atoms with Crippen molar-refractivity contribution in [3.05, 3.63) is 16.5 Å². The maximum atomic E-state index is 10.3. The van der Waals surface area contributed by atoms with Crippen LogP contribution in [-0.4, -0.2) is 12.5 Å². The van der Waals surface area contributed by atoms with Gasteiger partial charge in [-0.25, -0.2) is 0 Å². The zero-order valence-electron chi connectivity index (χ0n) is 5.83. The number of thiophene rings is 1. The number of carbonyl (C=O) groups is 1. The highest BCUT2D eigenvalue weighted by molar-refractivity contribution is 8.00. The summed E-state index contributed by atoms with van der Waals surface area (Å²) in [4.78, 5) is 10.9. The second kappa shape index (κ2) is 3.56. The first-order valence-corrected chi connectivity index (χ1v) is 4.89. The second-order valence-electron chi connectivity index (χ2n) is 1.78. The molecule has 1 heterocycles. The maximum absolute atomic E-state index is 10.3. The molecule has 1 aromatic rings. The van der Waals surface area contributed by atoms with Crippen LogP contribution in [0.2, 0.25) is 0 Å². The summed E-state index contributed by atoms with van der Waals surface area (Å²) in [7, 11) is 0. The van der Waals surface area contributed by atoms with Crippen LogP contribution in [0.25, 0.3) is 0 Å². The van der Waals surface area contributed by atoms with Gasteiger partial charge in [0.05, 0.1) is 14.6 Å². The Bertz CT molecular complexity index is 311. The number of hydrogen-bond acceptors (Lipinski definition) is 4. The summed E-state index contributed by atoms with van der Waals surface area (Å²) in [6, 6.07) is 3.65. The van der Waals surface area contributed by atoms with Gasteiger partial charge in [0.15, 0.2) is 6.29 Å². The molecule has 0 radical (unpaired) electrons. The number of rotatable bonds is 2. The molecule has 0 aliphatic heterocycles. The van der Waals surface area contributed by atoms with Gasteiger partial charge in [0, 0.05) is 0 Å². The van der Waals surface area contributed by atoms with Crippen molar-refractivity contribution in [1.29, 1.82) is 5.26 Å². The van der Waals surface area contributed by atoms with Crippen LogP contribution in [0.4, 0.5) is 0 Å². The summed E-state index contributed by atoms with van der Waals surface area (Å²) in [5.41, 5.74) is 0.601. The van der Waals surface area contributed by atoms with Crippen molar-refractivity contribution in [3.8, 4) is 6.07 Å². The fourth-order valence-electron chi connectivity index (χ4n) is 0.680. The average molecular weight is 183 g/mol. The third-order valence-electron chi connectivity index (χ3n) is 1.14. The molecule has 0 spiro atoms. The molecular formula is C7H5NOS2. The van der Waals surface area contributed by atoms with E-state index in [1.807, 2.05) is 12.3 Å². The van der Waals surface area contributed by atoms with Crippen molar-refractivity contribution in [1.82, 2.24) is 0 Å². The van der Waals surface area contributed by atoms with Crippen LogP contribution >= 0.6 is 23.1 Å². The SMILES string of the molecule is CSc1sc(C=O)cc1C#N. The third kappa shape index (κ3) is 1.62. The molecule has 56 valence electrons. The summed E-state index contributed by atoms with van der Waals surface area (Å²) in [5.74, 6) is 0. The van der Waals surface area contributed by atoms with E-state index in [-0.39, 0.29) is 0 Å². The Balaban J connectivity index is 3.14. The van der Waals surface area contributed by atoms with Gasteiger partial charge in [-0.05, 0) is 12.3 Å². The van der Waals surface area contributed by atoms with Gasteiger partial charge in [-0.2, -0.15) is 5.26 Å². The van der Waals surface area contributed by atoms with E-state index in [9.17, 15) is 4.79 Å². The fourth-order valence-corrected chi connectivity index (χ4v) is 2.28. The standard InChI is InChI=1S/C7H5NOS2/c1-10-7-5(3-8)2-6(4-9)11-7/h2,4H,1H3. The van der Waals surface area contributed by atoms with Gasteiger partial charge >= 0.3 is 0 Å². The molecule has 1 aromatic heterocycles.